The second-order valence-electron chi connectivity index (χ2n) is 10.9. The van der Waals surface area contributed by atoms with Crippen molar-refractivity contribution in [3.05, 3.63) is 66.1 Å². The molecule has 375 valence electrons. The van der Waals surface area contributed by atoms with Crippen molar-refractivity contribution in [1.29, 1.82) is 0 Å². The Labute approximate surface area is 378 Å². The van der Waals surface area contributed by atoms with Gasteiger partial charge < -0.3 is 20.4 Å². The summed E-state index contributed by atoms with van der Waals surface area (Å²) in [5, 5.41) is 39.3. The molecule has 0 aliphatic rings. The van der Waals surface area contributed by atoms with Gasteiger partial charge in [-0.05, 0) is 60.2 Å². The van der Waals surface area contributed by atoms with Crippen molar-refractivity contribution in [1.82, 2.24) is 4.57 Å². The molecule has 0 saturated carbocycles. The standard InChI is InChI=1S/C10H19N2.4C5H2F6O2.Sm/c1-3-4-5-6-7-12-9-8-11(2)10-12;4*6-4(7,8)2(12)1-3(13)5(9,10)11;/h8-10H,3-7H2,1-2H3;4*1,12H;/q+1;;;;;+3/p-4/b;4*2-1-;. The molecule has 1 aromatic heterocycles. The Hall–Kier alpha value is -4.29. The van der Waals surface area contributed by atoms with E-state index >= 15 is 0 Å². The van der Waals surface area contributed by atoms with Crippen molar-refractivity contribution in [2.24, 2.45) is 7.05 Å². The number of alkyl halides is 24. The zero-order chi connectivity index (χ0) is 52.3. The third kappa shape index (κ3) is 35.6. The molecular formula is C30H23F24N2O8Sm. The van der Waals surface area contributed by atoms with E-state index in [9.17, 15) is 145 Å². The van der Waals surface area contributed by atoms with Crippen LogP contribution in [0.4, 0.5) is 105 Å². The minimum Gasteiger partial charge on any atom is -0.869 e. The SMILES string of the molecule is CCCCCCn1cc[n+](C)c1.O=C(/C=C(\[O-])C(F)(F)F)C(F)(F)F.O=C(/C=C(\[O-])C(F)(F)F)C(F)(F)F.O=C(/C=C(\[O-])C(F)(F)F)C(F)(F)F.O=C(/C=C(\[O-])C(F)(F)F)C(F)(F)F.[Sm+3]. The van der Waals surface area contributed by atoms with E-state index in [0.29, 0.717) is 0 Å². The first kappa shape index (κ1) is 69.7. The van der Waals surface area contributed by atoms with Crippen LogP contribution in [0.5, 0.6) is 0 Å². The molecule has 0 aromatic carbocycles. The van der Waals surface area contributed by atoms with E-state index in [4.69, 9.17) is 0 Å². The predicted molar refractivity (Wildman–Crippen MR) is 151 cm³/mol. The Morgan fingerprint density at radius 1 is 0.446 bits per heavy atom. The first-order valence-corrected chi connectivity index (χ1v) is 15.3. The monoisotopic (exact) mass is 1150 g/mol. The second-order valence-corrected chi connectivity index (χ2v) is 10.9. The Bertz CT molecular complexity index is 1560. The summed E-state index contributed by atoms with van der Waals surface area (Å²) in [6, 6.07) is 0. The van der Waals surface area contributed by atoms with Crippen LogP contribution in [-0.4, -0.2) is 77.1 Å². The zero-order valence-corrected chi connectivity index (χ0v) is 33.8. The van der Waals surface area contributed by atoms with Gasteiger partial charge in [0.2, 0.25) is 6.33 Å². The van der Waals surface area contributed by atoms with E-state index in [1.54, 1.807) is 0 Å². The van der Waals surface area contributed by atoms with Gasteiger partial charge >= 0.3 is 89.8 Å². The van der Waals surface area contributed by atoms with Crippen molar-refractivity contribution in [3.8, 4) is 0 Å². The average molecular weight is 1150 g/mol. The van der Waals surface area contributed by atoms with Gasteiger partial charge in [0.15, 0.2) is 0 Å². The number of carbonyl (C=O) groups excluding carboxylic acids is 4. The second kappa shape index (κ2) is 28.0. The number of allylic oxidation sites excluding steroid dienone is 8. The van der Waals surface area contributed by atoms with Gasteiger partial charge in [0.25, 0.3) is 23.1 Å². The molecular weight excluding hydrogens is 1120 g/mol. The van der Waals surface area contributed by atoms with Crippen LogP contribution in [0.15, 0.2) is 66.1 Å². The summed E-state index contributed by atoms with van der Waals surface area (Å²) in [5.74, 6) is -22.6. The summed E-state index contributed by atoms with van der Waals surface area (Å²) >= 11 is 0. The van der Waals surface area contributed by atoms with Gasteiger partial charge in [-0.15, -0.1) is 0 Å². The number of nitrogens with zero attached hydrogens (tertiary/aromatic N) is 2. The number of aryl methyl sites for hydroxylation is 2. The van der Waals surface area contributed by atoms with Crippen LogP contribution in [0, 0.1) is 40.4 Å². The molecule has 65 heavy (non-hydrogen) atoms. The Kier molecular flexibility index (Phi) is 30.1. The van der Waals surface area contributed by atoms with Crippen LogP contribution < -0.4 is 25.0 Å². The van der Waals surface area contributed by atoms with Crippen LogP contribution in [0.2, 0.25) is 0 Å². The van der Waals surface area contributed by atoms with Crippen LogP contribution in [-0.2, 0) is 32.8 Å². The smallest absolute Gasteiger partial charge is 0.869 e. The number of halogens is 24. The average Bonchev–Trinajstić information content (AvgIpc) is 3.49. The van der Waals surface area contributed by atoms with E-state index in [-0.39, 0.29) is 40.4 Å². The fraction of sp³-hybridized carbons (Fsp3) is 0.500. The molecule has 1 rings (SSSR count). The number of hydrogen-bond donors (Lipinski definition) is 0. The van der Waals surface area contributed by atoms with E-state index in [1.165, 1.54) is 32.2 Å². The molecule has 1 heterocycles. The molecule has 1 aromatic rings. The van der Waals surface area contributed by atoms with Gasteiger partial charge in [-0.2, -0.15) is 105 Å². The molecule has 35 heteroatoms. The van der Waals surface area contributed by atoms with Crippen molar-refractivity contribution < 1.29 is 190 Å². The number of aromatic nitrogens is 2. The largest absolute Gasteiger partial charge is 3.00 e. The van der Waals surface area contributed by atoms with Crippen molar-refractivity contribution >= 4 is 23.1 Å². The summed E-state index contributed by atoms with van der Waals surface area (Å²) in [6.45, 7) is 3.41. The number of carbonyl (C=O) groups is 4. The minimum absolute atomic E-state index is 0. The predicted octanol–water partition coefficient (Wildman–Crippen LogP) is 5.59. The van der Waals surface area contributed by atoms with Crippen LogP contribution >= 0.6 is 0 Å². The van der Waals surface area contributed by atoms with Gasteiger partial charge in [-0.25, -0.2) is 9.13 Å². The van der Waals surface area contributed by atoms with Crippen LogP contribution in [0.1, 0.15) is 32.6 Å². The van der Waals surface area contributed by atoms with Gasteiger partial charge in [-0.1, -0.05) is 19.8 Å². The number of imidazole rings is 1. The van der Waals surface area contributed by atoms with E-state index in [1.807, 2.05) is 0 Å². The fourth-order valence-corrected chi connectivity index (χ4v) is 2.49. The molecule has 10 nitrogen and oxygen atoms in total. The summed E-state index contributed by atoms with van der Waals surface area (Å²) in [6.07, 6.45) is -36.1. The molecule has 0 aliphatic heterocycles. The summed E-state index contributed by atoms with van der Waals surface area (Å²) in [5.41, 5.74) is 0. The van der Waals surface area contributed by atoms with Gasteiger partial charge in [-0.3, -0.25) is 19.2 Å². The van der Waals surface area contributed by atoms with Gasteiger partial charge in [0.1, 0.15) is 12.4 Å². The van der Waals surface area contributed by atoms with E-state index < -0.39 is 120 Å². The van der Waals surface area contributed by atoms with Crippen molar-refractivity contribution in [2.45, 2.75) is 88.6 Å². The fourth-order valence-electron chi connectivity index (χ4n) is 2.49. The van der Waals surface area contributed by atoms with Gasteiger partial charge in [0.05, 0.1) is 13.6 Å². The van der Waals surface area contributed by atoms with E-state index in [2.05, 4.69) is 41.8 Å². The maximum atomic E-state index is 11.3. The Morgan fingerprint density at radius 3 is 0.831 bits per heavy atom. The Balaban J connectivity index is -0.000000230. The normalized spacial score (nSPS) is 13.5. The van der Waals surface area contributed by atoms with E-state index in [0.717, 1.165) is 0 Å². The molecule has 0 fully saturated rings. The third-order valence-corrected chi connectivity index (χ3v) is 5.38. The van der Waals surface area contributed by atoms with Crippen molar-refractivity contribution in [3.63, 3.8) is 0 Å². The zero-order valence-electron chi connectivity index (χ0n) is 31.2. The molecule has 0 aliphatic carbocycles. The first-order chi connectivity index (χ1) is 28.0. The minimum atomic E-state index is -5.46. The maximum absolute atomic E-state index is 11.3. The molecule has 0 atom stereocenters. The van der Waals surface area contributed by atoms with Crippen molar-refractivity contribution in [2.75, 3.05) is 0 Å². The molecule has 0 bridgehead atoms. The maximum Gasteiger partial charge on any atom is 3.00 e. The summed E-state index contributed by atoms with van der Waals surface area (Å²) in [4.78, 5) is 39.3. The molecule has 0 spiro atoms. The van der Waals surface area contributed by atoms with Crippen LogP contribution in [0.25, 0.3) is 0 Å². The summed E-state index contributed by atoms with van der Waals surface area (Å²) in [7, 11) is 2.06. The number of rotatable bonds is 9. The Morgan fingerprint density at radius 2 is 0.677 bits per heavy atom. The number of ketones is 4. The summed E-state index contributed by atoms with van der Waals surface area (Å²) < 4.78 is 275. The van der Waals surface area contributed by atoms with Crippen LogP contribution in [0.3, 0.4) is 0 Å². The quantitative estimate of drug-likeness (QED) is 0.101. The van der Waals surface area contributed by atoms with Gasteiger partial charge in [0, 0.05) is 0 Å². The molecule has 0 amide bonds. The number of hydrogen-bond acceptors (Lipinski definition) is 8. The third-order valence-electron chi connectivity index (χ3n) is 5.38. The number of unbranched alkanes of at least 4 members (excludes halogenated alkanes) is 3. The topological polar surface area (TPSA) is 169 Å². The molecule has 0 unspecified atom stereocenters. The molecule has 0 saturated heterocycles. The molecule has 0 N–H and O–H groups in total. The first-order valence-electron chi connectivity index (χ1n) is 15.3. The molecule has 1 radical (unpaired) electrons.